The van der Waals surface area contributed by atoms with Crippen molar-refractivity contribution >= 4 is 0 Å². The molecule has 2 rings (SSSR count). The van der Waals surface area contributed by atoms with Crippen molar-refractivity contribution in [3.05, 3.63) is 0 Å². The van der Waals surface area contributed by atoms with Crippen LogP contribution >= 0.6 is 0 Å². The van der Waals surface area contributed by atoms with Crippen LogP contribution in [0.15, 0.2) is 0 Å². The molecule has 1 heteroatoms. The lowest BCUT2D eigenvalue weighted by Gasteiger charge is -2.42. The van der Waals surface area contributed by atoms with Crippen LogP contribution in [0.1, 0.15) is 58.8 Å². The van der Waals surface area contributed by atoms with Gasteiger partial charge in [0, 0.05) is 5.54 Å². The van der Waals surface area contributed by atoms with Crippen LogP contribution in [0.5, 0.6) is 0 Å². The second-order valence-electron chi connectivity index (χ2n) is 5.71. The Balaban J connectivity index is 2.04. The lowest BCUT2D eigenvalue weighted by atomic mass is 9.66. The fourth-order valence-corrected chi connectivity index (χ4v) is 3.01. The zero-order valence-electron chi connectivity index (χ0n) is 9.10. The smallest absolute Gasteiger partial charge is 0.0210 e. The monoisotopic (exact) mass is 181 g/mol. The van der Waals surface area contributed by atoms with Gasteiger partial charge in [0.2, 0.25) is 0 Å². The average Bonchev–Trinajstić information content (AvgIpc) is 2.87. The summed E-state index contributed by atoms with van der Waals surface area (Å²) >= 11 is 0. The van der Waals surface area contributed by atoms with Gasteiger partial charge in [-0.15, -0.1) is 0 Å². The molecular weight excluding hydrogens is 158 g/mol. The molecule has 13 heavy (non-hydrogen) atoms. The highest BCUT2D eigenvalue weighted by Crippen LogP contribution is 2.54. The van der Waals surface area contributed by atoms with E-state index in [1.165, 1.54) is 44.9 Å². The summed E-state index contributed by atoms with van der Waals surface area (Å²) in [7, 11) is 0. The van der Waals surface area contributed by atoms with E-state index in [4.69, 9.17) is 5.73 Å². The third kappa shape index (κ3) is 1.52. The summed E-state index contributed by atoms with van der Waals surface area (Å²) in [6, 6.07) is 0. The van der Waals surface area contributed by atoms with Crippen molar-refractivity contribution in [2.45, 2.75) is 64.3 Å². The normalized spacial score (nSPS) is 28.8. The first-order chi connectivity index (χ1) is 6.06. The Hall–Kier alpha value is -0.0400. The van der Waals surface area contributed by atoms with Crippen LogP contribution in [-0.4, -0.2) is 5.54 Å². The maximum atomic E-state index is 6.36. The van der Waals surface area contributed by atoms with E-state index in [1.54, 1.807) is 0 Å². The zero-order valence-corrected chi connectivity index (χ0v) is 9.10. The van der Waals surface area contributed by atoms with E-state index in [1.807, 2.05) is 0 Å². The molecule has 0 aromatic heterocycles. The highest BCUT2D eigenvalue weighted by Gasteiger charge is 2.54. The van der Waals surface area contributed by atoms with Crippen molar-refractivity contribution in [1.29, 1.82) is 0 Å². The Morgan fingerprint density at radius 3 is 2.08 bits per heavy atom. The molecule has 0 spiro atoms. The van der Waals surface area contributed by atoms with Gasteiger partial charge < -0.3 is 5.73 Å². The molecule has 76 valence electrons. The summed E-state index contributed by atoms with van der Waals surface area (Å²) in [5, 5.41) is 0. The van der Waals surface area contributed by atoms with Gasteiger partial charge in [0.1, 0.15) is 0 Å². The molecule has 0 aliphatic heterocycles. The topological polar surface area (TPSA) is 26.0 Å². The molecule has 0 atom stereocenters. The Morgan fingerprint density at radius 1 is 1.08 bits per heavy atom. The molecule has 2 aliphatic rings. The van der Waals surface area contributed by atoms with Crippen LogP contribution in [0.3, 0.4) is 0 Å². The third-order valence-electron chi connectivity index (χ3n) is 4.70. The molecule has 2 fully saturated rings. The molecule has 0 aromatic rings. The Kier molecular flexibility index (Phi) is 2.18. The molecule has 1 nitrogen and oxygen atoms in total. The van der Waals surface area contributed by atoms with Crippen molar-refractivity contribution in [2.75, 3.05) is 0 Å². The van der Waals surface area contributed by atoms with Gasteiger partial charge in [-0.3, -0.25) is 0 Å². The van der Waals surface area contributed by atoms with E-state index in [0.29, 0.717) is 5.41 Å². The van der Waals surface area contributed by atoms with Crippen molar-refractivity contribution in [2.24, 2.45) is 17.1 Å². The minimum atomic E-state index is 0.203. The summed E-state index contributed by atoms with van der Waals surface area (Å²) < 4.78 is 0. The van der Waals surface area contributed by atoms with E-state index in [2.05, 4.69) is 13.8 Å². The lowest BCUT2D eigenvalue weighted by molar-refractivity contribution is 0.112. The van der Waals surface area contributed by atoms with Crippen molar-refractivity contribution in [1.82, 2.24) is 0 Å². The molecule has 2 saturated carbocycles. The SMILES string of the molecule is CC(C)(C1CCCCC1)C1(N)CC1. The summed E-state index contributed by atoms with van der Waals surface area (Å²) in [5.41, 5.74) is 6.95. The van der Waals surface area contributed by atoms with Crippen molar-refractivity contribution in [3.8, 4) is 0 Å². The molecule has 2 aliphatic carbocycles. The molecular formula is C12H23N. The minimum Gasteiger partial charge on any atom is -0.325 e. The largest absolute Gasteiger partial charge is 0.325 e. The quantitative estimate of drug-likeness (QED) is 0.696. The average molecular weight is 181 g/mol. The van der Waals surface area contributed by atoms with Gasteiger partial charge in [-0.25, -0.2) is 0 Å². The first-order valence-corrected chi connectivity index (χ1v) is 5.85. The predicted octanol–water partition coefficient (Wildman–Crippen LogP) is 3.08. The van der Waals surface area contributed by atoms with Crippen LogP contribution in [0.2, 0.25) is 0 Å². The first-order valence-electron chi connectivity index (χ1n) is 5.85. The summed E-state index contributed by atoms with van der Waals surface area (Å²) in [6.07, 6.45) is 9.68. The van der Waals surface area contributed by atoms with E-state index in [0.717, 1.165) is 5.92 Å². The molecule has 0 aromatic carbocycles. The second-order valence-corrected chi connectivity index (χ2v) is 5.71. The fourth-order valence-electron chi connectivity index (χ4n) is 3.01. The summed E-state index contributed by atoms with van der Waals surface area (Å²) in [5.74, 6) is 0.897. The maximum absolute atomic E-state index is 6.36. The molecule has 0 heterocycles. The maximum Gasteiger partial charge on any atom is 0.0210 e. The van der Waals surface area contributed by atoms with Crippen LogP contribution in [0.25, 0.3) is 0 Å². The second kappa shape index (κ2) is 2.98. The Labute approximate surface area is 82.1 Å². The minimum absolute atomic E-state index is 0.203. The highest BCUT2D eigenvalue weighted by atomic mass is 14.9. The van der Waals surface area contributed by atoms with Gasteiger partial charge in [0.15, 0.2) is 0 Å². The highest BCUT2D eigenvalue weighted by molar-refractivity contribution is 5.11. The van der Waals surface area contributed by atoms with Gasteiger partial charge in [-0.2, -0.15) is 0 Å². The summed E-state index contributed by atoms with van der Waals surface area (Å²) in [4.78, 5) is 0. The molecule has 0 radical (unpaired) electrons. The fraction of sp³-hybridized carbons (Fsp3) is 1.00. The van der Waals surface area contributed by atoms with Crippen LogP contribution in [0, 0.1) is 11.3 Å². The molecule has 0 unspecified atom stereocenters. The van der Waals surface area contributed by atoms with E-state index >= 15 is 0 Å². The standard InChI is InChI=1S/C12H23N/c1-11(2,12(13)8-9-12)10-6-4-3-5-7-10/h10H,3-9,13H2,1-2H3. The zero-order chi connectivity index (χ0) is 9.53. The number of rotatable bonds is 2. The number of nitrogens with two attached hydrogens (primary N) is 1. The van der Waals surface area contributed by atoms with E-state index in [-0.39, 0.29) is 5.54 Å². The van der Waals surface area contributed by atoms with Crippen molar-refractivity contribution in [3.63, 3.8) is 0 Å². The van der Waals surface area contributed by atoms with Gasteiger partial charge in [-0.05, 0) is 37.0 Å². The first kappa shape index (κ1) is 9.51. The number of hydrogen-bond donors (Lipinski definition) is 1. The lowest BCUT2D eigenvalue weighted by Crippen LogP contribution is -2.45. The van der Waals surface area contributed by atoms with Gasteiger partial charge in [0.25, 0.3) is 0 Å². The predicted molar refractivity (Wildman–Crippen MR) is 56.5 cm³/mol. The van der Waals surface area contributed by atoms with Crippen LogP contribution < -0.4 is 5.73 Å². The van der Waals surface area contributed by atoms with Gasteiger partial charge >= 0.3 is 0 Å². The van der Waals surface area contributed by atoms with Gasteiger partial charge in [-0.1, -0.05) is 33.1 Å². The Bertz CT molecular complexity index is 185. The molecule has 0 amide bonds. The third-order valence-corrected chi connectivity index (χ3v) is 4.70. The van der Waals surface area contributed by atoms with Crippen molar-refractivity contribution < 1.29 is 0 Å². The van der Waals surface area contributed by atoms with Gasteiger partial charge in [0.05, 0.1) is 0 Å². The number of hydrogen-bond acceptors (Lipinski definition) is 1. The van der Waals surface area contributed by atoms with E-state index < -0.39 is 0 Å². The molecule has 0 bridgehead atoms. The molecule has 0 saturated heterocycles. The van der Waals surface area contributed by atoms with E-state index in [9.17, 15) is 0 Å². The van der Waals surface area contributed by atoms with Crippen LogP contribution in [-0.2, 0) is 0 Å². The molecule has 2 N–H and O–H groups in total. The Morgan fingerprint density at radius 2 is 1.62 bits per heavy atom. The van der Waals surface area contributed by atoms with Crippen LogP contribution in [0.4, 0.5) is 0 Å². The summed E-state index contributed by atoms with van der Waals surface area (Å²) in [6.45, 7) is 4.80.